The van der Waals surface area contributed by atoms with E-state index in [2.05, 4.69) is 0 Å². The van der Waals surface area contributed by atoms with Crippen LogP contribution in [0.4, 0.5) is 5.69 Å². The number of rotatable bonds is 2. The smallest absolute Gasteiger partial charge is 0.266 e. The van der Waals surface area contributed by atoms with Crippen molar-refractivity contribution in [3.05, 3.63) is 58.6 Å². The molecule has 0 unspecified atom stereocenters. The Balaban J connectivity index is 2.14. The molecule has 3 rings (SSSR count). The van der Waals surface area contributed by atoms with Gasteiger partial charge in [0.2, 0.25) is 0 Å². The molecule has 1 aliphatic heterocycles. The summed E-state index contributed by atoms with van der Waals surface area (Å²) in [4.78, 5) is 25.9. The van der Waals surface area contributed by atoms with Crippen LogP contribution < -0.4 is 9.64 Å². The van der Waals surface area contributed by atoms with Gasteiger partial charge in [0.05, 0.1) is 23.9 Å². The van der Waals surface area contributed by atoms with Gasteiger partial charge in [0.25, 0.3) is 11.8 Å². The summed E-state index contributed by atoms with van der Waals surface area (Å²) >= 11 is 5.90. The fourth-order valence-corrected chi connectivity index (χ4v) is 2.41. The number of halogens is 1. The lowest BCUT2D eigenvalue weighted by Gasteiger charge is -2.17. The molecule has 0 radical (unpaired) electrons. The molecule has 0 bridgehead atoms. The summed E-state index contributed by atoms with van der Waals surface area (Å²) in [6.07, 6.45) is 0. The van der Waals surface area contributed by atoms with Gasteiger partial charge in [-0.15, -0.1) is 0 Å². The molecule has 0 N–H and O–H groups in total. The molecule has 20 heavy (non-hydrogen) atoms. The first-order valence-electron chi connectivity index (χ1n) is 5.95. The Morgan fingerprint density at radius 2 is 1.60 bits per heavy atom. The van der Waals surface area contributed by atoms with Gasteiger partial charge in [0.1, 0.15) is 5.75 Å². The molecule has 0 aliphatic carbocycles. The van der Waals surface area contributed by atoms with Crippen molar-refractivity contribution in [2.24, 2.45) is 0 Å². The van der Waals surface area contributed by atoms with Gasteiger partial charge in [-0.2, -0.15) is 0 Å². The minimum atomic E-state index is -0.355. The van der Waals surface area contributed by atoms with Gasteiger partial charge in [-0.25, -0.2) is 4.90 Å². The van der Waals surface area contributed by atoms with Gasteiger partial charge in [-0.3, -0.25) is 9.59 Å². The third kappa shape index (κ3) is 1.77. The van der Waals surface area contributed by atoms with E-state index in [9.17, 15) is 9.59 Å². The van der Waals surface area contributed by atoms with Crippen LogP contribution in [-0.2, 0) is 0 Å². The number of hydrogen-bond donors (Lipinski definition) is 0. The van der Waals surface area contributed by atoms with E-state index in [1.807, 2.05) is 0 Å². The van der Waals surface area contributed by atoms with Crippen molar-refractivity contribution in [1.29, 1.82) is 0 Å². The summed E-state index contributed by atoms with van der Waals surface area (Å²) in [5, 5.41) is 0.474. The molecule has 1 heterocycles. The Morgan fingerprint density at radius 3 is 2.15 bits per heavy atom. The minimum absolute atomic E-state index is 0.355. The molecule has 2 aromatic carbocycles. The van der Waals surface area contributed by atoms with Gasteiger partial charge in [-0.1, -0.05) is 23.7 Å². The van der Waals surface area contributed by atoms with Crippen molar-refractivity contribution in [3.8, 4) is 5.75 Å². The van der Waals surface area contributed by atoms with Crippen molar-refractivity contribution < 1.29 is 14.3 Å². The Bertz CT molecular complexity index is 692. The Hall–Kier alpha value is -2.33. The minimum Gasteiger partial charge on any atom is -0.495 e. The van der Waals surface area contributed by atoms with E-state index in [0.717, 1.165) is 4.90 Å². The highest BCUT2D eigenvalue weighted by Crippen LogP contribution is 2.36. The van der Waals surface area contributed by atoms with Gasteiger partial charge in [0.15, 0.2) is 0 Å². The first kappa shape index (κ1) is 12.7. The number of benzene rings is 2. The number of ether oxygens (including phenoxy) is 1. The summed E-state index contributed by atoms with van der Waals surface area (Å²) in [6.45, 7) is 0. The molecule has 0 saturated heterocycles. The van der Waals surface area contributed by atoms with Crippen molar-refractivity contribution >= 4 is 29.1 Å². The molecule has 2 amide bonds. The number of anilines is 1. The van der Waals surface area contributed by atoms with Crippen LogP contribution in [0.2, 0.25) is 5.02 Å². The number of amides is 2. The number of imide groups is 1. The second kappa shape index (κ2) is 4.65. The monoisotopic (exact) mass is 287 g/mol. The summed E-state index contributed by atoms with van der Waals surface area (Å²) in [7, 11) is 1.47. The Kier molecular flexibility index (Phi) is 2.95. The van der Waals surface area contributed by atoms with E-state index in [0.29, 0.717) is 27.6 Å². The topological polar surface area (TPSA) is 46.6 Å². The molecule has 0 saturated carbocycles. The summed E-state index contributed by atoms with van der Waals surface area (Å²) < 4.78 is 5.20. The SMILES string of the molecule is COc1cc(Cl)ccc1N1C(=O)c2ccccc2C1=O. The van der Waals surface area contributed by atoms with Crippen LogP contribution >= 0.6 is 11.6 Å². The molecule has 0 atom stereocenters. The number of fused-ring (bicyclic) bond motifs is 1. The van der Waals surface area contributed by atoms with Crippen molar-refractivity contribution in [3.63, 3.8) is 0 Å². The van der Waals surface area contributed by atoms with E-state index in [4.69, 9.17) is 16.3 Å². The van der Waals surface area contributed by atoms with Crippen molar-refractivity contribution in [1.82, 2.24) is 0 Å². The molecule has 5 heteroatoms. The summed E-state index contributed by atoms with van der Waals surface area (Å²) in [5.41, 5.74) is 1.19. The highest BCUT2D eigenvalue weighted by molar-refractivity contribution is 6.35. The Morgan fingerprint density at radius 1 is 1.00 bits per heavy atom. The van der Waals surface area contributed by atoms with Crippen LogP contribution in [0.3, 0.4) is 0 Å². The number of carbonyl (C=O) groups is 2. The van der Waals surface area contributed by atoms with Gasteiger partial charge in [-0.05, 0) is 24.3 Å². The van der Waals surface area contributed by atoms with Gasteiger partial charge in [0, 0.05) is 11.1 Å². The largest absolute Gasteiger partial charge is 0.495 e. The lowest BCUT2D eigenvalue weighted by atomic mass is 10.1. The van der Waals surface area contributed by atoms with E-state index < -0.39 is 0 Å². The fraction of sp³-hybridized carbons (Fsp3) is 0.0667. The predicted octanol–water partition coefficient (Wildman–Crippen LogP) is 3.15. The molecule has 2 aromatic rings. The van der Waals surface area contributed by atoms with Crippen LogP contribution in [0, 0.1) is 0 Å². The number of hydrogen-bond acceptors (Lipinski definition) is 3. The number of methoxy groups -OCH3 is 1. The van der Waals surface area contributed by atoms with Gasteiger partial charge >= 0.3 is 0 Å². The molecular formula is C15H10ClNO3. The molecule has 1 aliphatic rings. The van der Waals surface area contributed by atoms with E-state index in [1.165, 1.54) is 7.11 Å². The molecular weight excluding hydrogens is 278 g/mol. The molecule has 0 spiro atoms. The maximum atomic E-state index is 12.4. The predicted molar refractivity (Wildman–Crippen MR) is 75.6 cm³/mol. The van der Waals surface area contributed by atoms with Crippen LogP contribution in [0.5, 0.6) is 5.75 Å². The van der Waals surface area contributed by atoms with E-state index in [-0.39, 0.29) is 11.8 Å². The third-order valence-electron chi connectivity index (χ3n) is 3.18. The molecule has 0 fully saturated rings. The molecule has 100 valence electrons. The fourth-order valence-electron chi connectivity index (χ4n) is 2.24. The Labute approximate surface area is 120 Å². The lowest BCUT2D eigenvalue weighted by molar-refractivity contribution is 0.0925. The normalized spacial score (nSPS) is 13.6. The van der Waals surface area contributed by atoms with Crippen molar-refractivity contribution in [2.45, 2.75) is 0 Å². The number of carbonyl (C=O) groups excluding carboxylic acids is 2. The maximum absolute atomic E-state index is 12.4. The van der Waals surface area contributed by atoms with Crippen molar-refractivity contribution in [2.75, 3.05) is 12.0 Å². The summed E-state index contributed by atoms with van der Waals surface area (Å²) in [5.74, 6) is -0.329. The number of nitrogens with zero attached hydrogens (tertiary/aromatic N) is 1. The second-order valence-corrected chi connectivity index (χ2v) is 4.74. The zero-order valence-corrected chi connectivity index (χ0v) is 11.3. The quantitative estimate of drug-likeness (QED) is 0.797. The molecule has 0 aromatic heterocycles. The van der Waals surface area contributed by atoms with E-state index >= 15 is 0 Å². The highest BCUT2D eigenvalue weighted by Gasteiger charge is 2.37. The zero-order valence-electron chi connectivity index (χ0n) is 10.6. The third-order valence-corrected chi connectivity index (χ3v) is 3.41. The highest BCUT2D eigenvalue weighted by atomic mass is 35.5. The first-order valence-corrected chi connectivity index (χ1v) is 6.32. The summed E-state index contributed by atoms with van der Waals surface area (Å²) in [6, 6.07) is 11.5. The van der Waals surface area contributed by atoms with Crippen LogP contribution in [0.15, 0.2) is 42.5 Å². The standard InChI is InChI=1S/C15H10ClNO3/c1-20-13-8-9(16)6-7-12(13)17-14(18)10-4-2-3-5-11(10)15(17)19/h2-8H,1H3. The van der Waals surface area contributed by atoms with Crippen LogP contribution in [0.25, 0.3) is 0 Å². The average Bonchev–Trinajstić information content (AvgIpc) is 2.72. The second-order valence-electron chi connectivity index (χ2n) is 4.31. The van der Waals surface area contributed by atoms with Gasteiger partial charge < -0.3 is 4.74 Å². The maximum Gasteiger partial charge on any atom is 0.266 e. The lowest BCUT2D eigenvalue weighted by Crippen LogP contribution is -2.29. The molecule has 4 nitrogen and oxygen atoms in total. The average molecular weight is 288 g/mol. The zero-order chi connectivity index (χ0) is 14.3. The van der Waals surface area contributed by atoms with Crippen LogP contribution in [-0.4, -0.2) is 18.9 Å². The van der Waals surface area contributed by atoms with Crippen LogP contribution in [0.1, 0.15) is 20.7 Å². The first-order chi connectivity index (χ1) is 9.63. The van der Waals surface area contributed by atoms with E-state index in [1.54, 1.807) is 42.5 Å².